The lowest BCUT2D eigenvalue weighted by Crippen LogP contribution is -2.52. The zero-order valence-corrected chi connectivity index (χ0v) is 11.3. The highest BCUT2D eigenvalue weighted by atomic mass is 79.9. The maximum Gasteiger partial charge on any atom is 0.358 e. The standard InChI is InChI=1S/C12H7BrN2O4/c1-19-11(18)12(13,6-14)15-9(16)7-4-2-3-5-8(7)10(15)17/h2-5H,1H3. The van der Waals surface area contributed by atoms with Crippen LogP contribution in [-0.2, 0) is 9.53 Å². The number of halogens is 1. The number of nitrogens with zero attached hydrogens (tertiary/aromatic N) is 2. The third-order valence-electron chi connectivity index (χ3n) is 2.71. The van der Waals surface area contributed by atoms with Gasteiger partial charge in [-0.15, -0.1) is 0 Å². The number of methoxy groups -OCH3 is 1. The number of hydrogen-bond acceptors (Lipinski definition) is 5. The highest BCUT2D eigenvalue weighted by Gasteiger charge is 2.54. The summed E-state index contributed by atoms with van der Waals surface area (Å²) in [6.07, 6.45) is 0. The van der Waals surface area contributed by atoms with Gasteiger partial charge in [0.1, 0.15) is 6.07 Å². The van der Waals surface area contributed by atoms with E-state index in [9.17, 15) is 14.4 Å². The molecule has 0 N–H and O–H groups in total. The monoisotopic (exact) mass is 322 g/mol. The van der Waals surface area contributed by atoms with E-state index in [0.29, 0.717) is 4.90 Å². The Hall–Kier alpha value is -2.20. The van der Waals surface area contributed by atoms with Crippen LogP contribution in [0.2, 0.25) is 0 Å². The van der Waals surface area contributed by atoms with Crippen molar-refractivity contribution in [2.24, 2.45) is 0 Å². The number of nitriles is 1. The van der Waals surface area contributed by atoms with E-state index in [1.54, 1.807) is 18.2 Å². The van der Waals surface area contributed by atoms with Gasteiger partial charge in [-0.2, -0.15) is 5.26 Å². The first-order valence-corrected chi connectivity index (χ1v) is 5.93. The predicted molar refractivity (Wildman–Crippen MR) is 66.2 cm³/mol. The Bertz CT molecular complexity index is 602. The van der Waals surface area contributed by atoms with E-state index in [0.717, 1.165) is 7.11 Å². The van der Waals surface area contributed by atoms with Crippen molar-refractivity contribution in [3.05, 3.63) is 35.4 Å². The van der Waals surface area contributed by atoms with Crippen LogP contribution in [0, 0.1) is 11.3 Å². The molecule has 0 saturated carbocycles. The van der Waals surface area contributed by atoms with Gasteiger partial charge in [0, 0.05) is 0 Å². The molecule has 0 bridgehead atoms. The maximum atomic E-state index is 12.1. The fourth-order valence-electron chi connectivity index (χ4n) is 1.79. The number of esters is 1. The van der Waals surface area contributed by atoms with Crippen molar-refractivity contribution >= 4 is 33.7 Å². The largest absolute Gasteiger partial charge is 0.466 e. The Morgan fingerprint density at radius 1 is 1.32 bits per heavy atom. The summed E-state index contributed by atoms with van der Waals surface area (Å²) in [5.41, 5.74) is 0.297. The smallest absolute Gasteiger partial charge is 0.358 e. The number of imide groups is 1. The van der Waals surface area contributed by atoms with Gasteiger partial charge in [0.05, 0.1) is 18.2 Å². The van der Waals surface area contributed by atoms with E-state index >= 15 is 0 Å². The molecule has 0 aliphatic carbocycles. The summed E-state index contributed by atoms with van der Waals surface area (Å²) in [5, 5.41) is 9.12. The summed E-state index contributed by atoms with van der Waals surface area (Å²) in [5.74, 6) is -2.47. The Labute approximate surface area is 116 Å². The van der Waals surface area contributed by atoms with Crippen molar-refractivity contribution < 1.29 is 19.1 Å². The minimum absolute atomic E-state index is 0.149. The molecule has 1 atom stereocenters. The first-order valence-electron chi connectivity index (χ1n) is 5.14. The zero-order valence-electron chi connectivity index (χ0n) is 9.71. The molecule has 0 saturated heterocycles. The summed E-state index contributed by atoms with van der Waals surface area (Å²) >= 11 is 2.83. The number of fused-ring (bicyclic) bond motifs is 1. The van der Waals surface area contributed by atoms with Crippen molar-refractivity contribution in [2.45, 2.75) is 4.45 Å². The molecule has 7 heteroatoms. The topological polar surface area (TPSA) is 87.5 Å². The summed E-state index contributed by atoms with van der Waals surface area (Å²) in [7, 11) is 1.06. The highest BCUT2D eigenvalue weighted by molar-refractivity contribution is 9.10. The second-order valence-corrected chi connectivity index (χ2v) is 4.86. The van der Waals surface area contributed by atoms with E-state index in [1.165, 1.54) is 12.1 Å². The number of amides is 2. The SMILES string of the molecule is COC(=O)C(Br)(C#N)N1C(=O)c2ccccc2C1=O. The van der Waals surface area contributed by atoms with Gasteiger partial charge < -0.3 is 4.74 Å². The third kappa shape index (κ3) is 1.72. The lowest BCUT2D eigenvalue weighted by molar-refractivity contribution is -0.144. The summed E-state index contributed by atoms with van der Waals surface area (Å²) < 4.78 is 2.30. The lowest BCUT2D eigenvalue weighted by Gasteiger charge is -2.25. The van der Waals surface area contributed by atoms with Gasteiger partial charge in [-0.05, 0) is 28.1 Å². The van der Waals surface area contributed by atoms with Crippen molar-refractivity contribution in [3.63, 3.8) is 0 Å². The van der Waals surface area contributed by atoms with Crippen LogP contribution in [0.4, 0.5) is 0 Å². The van der Waals surface area contributed by atoms with Crippen LogP contribution in [-0.4, -0.2) is 34.2 Å². The van der Waals surface area contributed by atoms with Gasteiger partial charge in [-0.1, -0.05) is 12.1 Å². The zero-order chi connectivity index (χ0) is 14.2. The highest BCUT2D eigenvalue weighted by Crippen LogP contribution is 2.33. The molecule has 1 unspecified atom stereocenters. The van der Waals surface area contributed by atoms with E-state index in [4.69, 9.17) is 5.26 Å². The summed E-state index contributed by atoms with van der Waals surface area (Å²) in [6, 6.07) is 7.69. The molecule has 19 heavy (non-hydrogen) atoms. The molecule has 0 radical (unpaired) electrons. The number of hydrogen-bond donors (Lipinski definition) is 0. The van der Waals surface area contributed by atoms with Gasteiger partial charge in [0.15, 0.2) is 0 Å². The van der Waals surface area contributed by atoms with Gasteiger partial charge in [0.25, 0.3) is 16.3 Å². The van der Waals surface area contributed by atoms with Crippen molar-refractivity contribution in [3.8, 4) is 6.07 Å². The molecule has 2 rings (SSSR count). The van der Waals surface area contributed by atoms with Crippen molar-refractivity contribution in [2.75, 3.05) is 7.11 Å². The first-order chi connectivity index (χ1) is 8.97. The number of benzene rings is 1. The molecule has 1 heterocycles. The number of carbonyl (C=O) groups excluding carboxylic acids is 3. The predicted octanol–water partition coefficient (Wildman–Crippen LogP) is 1.07. The number of alkyl halides is 1. The van der Waals surface area contributed by atoms with Gasteiger partial charge in [-0.25, -0.2) is 9.69 Å². The van der Waals surface area contributed by atoms with Crippen LogP contribution in [0.25, 0.3) is 0 Å². The Morgan fingerprint density at radius 3 is 2.16 bits per heavy atom. The second-order valence-electron chi connectivity index (χ2n) is 3.72. The van der Waals surface area contributed by atoms with Crippen LogP contribution in [0.15, 0.2) is 24.3 Å². The maximum absolute atomic E-state index is 12.1. The second kappa shape index (κ2) is 4.48. The number of carbonyl (C=O) groups is 3. The van der Waals surface area contributed by atoms with E-state index in [-0.39, 0.29) is 11.1 Å². The third-order valence-corrected chi connectivity index (χ3v) is 3.56. The minimum Gasteiger partial charge on any atom is -0.466 e. The van der Waals surface area contributed by atoms with Crippen molar-refractivity contribution in [1.82, 2.24) is 4.90 Å². The molecule has 96 valence electrons. The Balaban J connectivity index is 2.56. The fourth-order valence-corrected chi connectivity index (χ4v) is 2.28. The Morgan fingerprint density at radius 2 is 1.79 bits per heavy atom. The fraction of sp³-hybridized carbons (Fsp3) is 0.167. The molecule has 1 aliphatic rings. The number of rotatable bonds is 2. The van der Waals surface area contributed by atoms with Crippen LogP contribution < -0.4 is 0 Å². The molecule has 1 aromatic carbocycles. The summed E-state index contributed by atoms with van der Waals surface area (Å²) in [6.45, 7) is 0. The molecule has 0 aromatic heterocycles. The van der Waals surface area contributed by atoms with Crippen molar-refractivity contribution in [1.29, 1.82) is 5.26 Å². The molecule has 0 fully saturated rings. The van der Waals surface area contributed by atoms with Gasteiger partial charge in [0.2, 0.25) is 0 Å². The van der Waals surface area contributed by atoms with Gasteiger partial charge >= 0.3 is 5.97 Å². The van der Waals surface area contributed by atoms with Gasteiger partial charge in [-0.3, -0.25) is 9.59 Å². The normalized spacial score (nSPS) is 16.6. The Kier molecular flexibility index (Phi) is 3.12. The molecular weight excluding hydrogens is 316 g/mol. The molecule has 6 nitrogen and oxygen atoms in total. The quantitative estimate of drug-likeness (QED) is 0.352. The van der Waals surface area contributed by atoms with Crippen LogP contribution in [0.3, 0.4) is 0 Å². The van der Waals surface area contributed by atoms with Crippen LogP contribution >= 0.6 is 15.9 Å². The van der Waals surface area contributed by atoms with Crippen LogP contribution in [0.5, 0.6) is 0 Å². The summed E-state index contributed by atoms with van der Waals surface area (Å²) in [4.78, 5) is 36.5. The molecule has 2 amide bonds. The molecule has 0 spiro atoms. The number of ether oxygens (including phenoxy) is 1. The first kappa shape index (κ1) is 13.2. The van der Waals surface area contributed by atoms with Crippen LogP contribution in [0.1, 0.15) is 20.7 Å². The van der Waals surface area contributed by atoms with E-state index < -0.39 is 22.2 Å². The lowest BCUT2D eigenvalue weighted by atomic mass is 10.1. The van der Waals surface area contributed by atoms with E-state index in [1.807, 2.05) is 0 Å². The molecule has 1 aromatic rings. The average molecular weight is 323 g/mol. The molecular formula is C12H7BrN2O4. The molecule has 1 aliphatic heterocycles. The average Bonchev–Trinajstić information content (AvgIpc) is 2.70. The van der Waals surface area contributed by atoms with E-state index in [2.05, 4.69) is 20.7 Å². The minimum atomic E-state index is -2.16.